The van der Waals surface area contributed by atoms with Crippen LogP contribution in [0.25, 0.3) is 21.9 Å². The fourth-order valence-corrected chi connectivity index (χ4v) is 3.52. The SMILES string of the molecule is CCC1(n2c(N)nc3cnc4ccccc4c32)CCC1. The van der Waals surface area contributed by atoms with E-state index in [0.717, 1.165) is 28.4 Å². The second-order valence-electron chi connectivity index (χ2n) is 5.75. The average Bonchev–Trinajstić information content (AvgIpc) is 2.76. The van der Waals surface area contributed by atoms with E-state index in [9.17, 15) is 0 Å². The smallest absolute Gasteiger partial charge is 0.201 e. The lowest BCUT2D eigenvalue weighted by Crippen LogP contribution is -2.40. The summed E-state index contributed by atoms with van der Waals surface area (Å²) in [6.07, 6.45) is 6.59. The molecule has 0 unspecified atom stereocenters. The Bertz CT molecular complexity index is 793. The van der Waals surface area contributed by atoms with Gasteiger partial charge in [-0.15, -0.1) is 0 Å². The van der Waals surface area contributed by atoms with Gasteiger partial charge in [-0.05, 0) is 31.7 Å². The van der Waals surface area contributed by atoms with E-state index in [2.05, 4.69) is 33.6 Å². The van der Waals surface area contributed by atoms with E-state index < -0.39 is 0 Å². The van der Waals surface area contributed by atoms with Crippen molar-refractivity contribution in [1.82, 2.24) is 14.5 Å². The van der Waals surface area contributed by atoms with Gasteiger partial charge in [0.1, 0.15) is 5.52 Å². The molecular weight excluding hydrogens is 248 g/mol. The molecule has 20 heavy (non-hydrogen) atoms. The average molecular weight is 266 g/mol. The lowest BCUT2D eigenvalue weighted by Gasteiger charge is -2.43. The minimum absolute atomic E-state index is 0.156. The minimum Gasteiger partial charge on any atom is -0.369 e. The fourth-order valence-electron chi connectivity index (χ4n) is 3.52. The van der Waals surface area contributed by atoms with Crippen LogP contribution in [0.3, 0.4) is 0 Å². The van der Waals surface area contributed by atoms with Crippen LogP contribution in [0.1, 0.15) is 32.6 Å². The maximum atomic E-state index is 6.24. The van der Waals surface area contributed by atoms with Crippen molar-refractivity contribution in [3.63, 3.8) is 0 Å². The van der Waals surface area contributed by atoms with Gasteiger partial charge in [0.15, 0.2) is 0 Å². The van der Waals surface area contributed by atoms with Crippen molar-refractivity contribution in [2.24, 2.45) is 0 Å². The monoisotopic (exact) mass is 266 g/mol. The highest BCUT2D eigenvalue weighted by Crippen LogP contribution is 2.46. The van der Waals surface area contributed by atoms with Crippen LogP contribution in [0.15, 0.2) is 30.5 Å². The van der Waals surface area contributed by atoms with Gasteiger partial charge >= 0.3 is 0 Å². The van der Waals surface area contributed by atoms with Crippen LogP contribution in [0.4, 0.5) is 5.95 Å². The topological polar surface area (TPSA) is 56.7 Å². The number of nitrogens with two attached hydrogens (primary N) is 1. The first-order valence-corrected chi connectivity index (χ1v) is 7.27. The van der Waals surface area contributed by atoms with Gasteiger partial charge in [0.2, 0.25) is 5.95 Å². The molecule has 3 aromatic rings. The molecule has 2 N–H and O–H groups in total. The van der Waals surface area contributed by atoms with Crippen LogP contribution in [0, 0.1) is 0 Å². The maximum absolute atomic E-state index is 6.24. The molecular formula is C16H18N4. The molecule has 1 fully saturated rings. The van der Waals surface area contributed by atoms with Crippen LogP contribution in [0.5, 0.6) is 0 Å². The first-order chi connectivity index (χ1) is 9.75. The molecule has 1 aromatic carbocycles. The summed E-state index contributed by atoms with van der Waals surface area (Å²) in [6.45, 7) is 2.24. The Labute approximate surface area is 117 Å². The van der Waals surface area contributed by atoms with Crippen molar-refractivity contribution in [3.05, 3.63) is 30.5 Å². The van der Waals surface area contributed by atoms with Gasteiger partial charge in [-0.1, -0.05) is 25.1 Å². The van der Waals surface area contributed by atoms with E-state index in [-0.39, 0.29) is 5.54 Å². The quantitative estimate of drug-likeness (QED) is 0.772. The van der Waals surface area contributed by atoms with Crippen molar-refractivity contribution >= 4 is 27.9 Å². The summed E-state index contributed by atoms with van der Waals surface area (Å²) in [4.78, 5) is 9.02. The lowest BCUT2D eigenvalue weighted by atomic mass is 9.74. The standard InChI is InChI=1S/C16H18N4/c1-2-16(8-5-9-16)20-14-11-6-3-4-7-12(11)18-10-13(14)19-15(20)17/h3-4,6-7,10H,2,5,8-9H2,1H3,(H2,17,19). The second kappa shape index (κ2) is 3.95. The Hall–Kier alpha value is -2.10. The molecule has 0 spiro atoms. The fraction of sp³-hybridized carbons (Fsp3) is 0.375. The summed E-state index contributed by atoms with van der Waals surface area (Å²) in [7, 11) is 0. The third kappa shape index (κ3) is 1.36. The van der Waals surface area contributed by atoms with Crippen molar-refractivity contribution in [2.75, 3.05) is 5.73 Å². The zero-order valence-electron chi connectivity index (χ0n) is 11.6. The molecule has 0 amide bonds. The van der Waals surface area contributed by atoms with Gasteiger partial charge in [0.05, 0.1) is 17.2 Å². The first-order valence-electron chi connectivity index (χ1n) is 7.27. The van der Waals surface area contributed by atoms with Crippen LogP contribution in [-0.2, 0) is 5.54 Å². The Morgan fingerprint density at radius 3 is 2.75 bits per heavy atom. The number of rotatable bonds is 2. The van der Waals surface area contributed by atoms with Gasteiger partial charge in [0.25, 0.3) is 0 Å². The molecule has 1 aliphatic rings. The predicted molar refractivity (Wildman–Crippen MR) is 81.6 cm³/mol. The summed E-state index contributed by atoms with van der Waals surface area (Å²) >= 11 is 0. The number of anilines is 1. The Balaban J connectivity index is 2.14. The summed E-state index contributed by atoms with van der Waals surface area (Å²) < 4.78 is 2.27. The summed E-state index contributed by atoms with van der Waals surface area (Å²) in [5.41, 5.74) is 9.45. The van der Waals surface area contributed by atoms with Crippen LogP contribution < -0.4 is 5.73 Å². The molecule has 102 valence electrons. The Morgan fingerprint density at radius 2 is 2.05 bits per heavy atom. The Kier molecular flexibility index (Phi) is 2.31. The van der Waals surface area contributed by atoms with Crippen molar-refractivity contribution in [3.8, 4) is 0 Å². The number of para-hydroxylation sites is 1. The number of hydrogen-bond acceptors (Lipinski definition) is 3. The highest BCUT2D eigenvalue weighted by Gasteiger charge is 2.39. The number of fused-ring (bicyclic) bond motifs is 3. The third-order valence-corrected chi connectivity index (χ3v) is 4.83. The summed E-state index contributed by atoms with van der Waals surface area (Å²) in [5.74, 6) is 0.625. The molecule has 4 nitrogen and oxygen atoms in total. The van der Waals surface area contributed by atoms with Gasteiger partial charge in [0, 0.05) is 10.9 Å². The first kappa shape index (κ1) is 11.7. The van der Waals surface area contributed by atoms with E-state index in [1.807, 2.05) is 18.3 Å². The molecule has 4 rings (SSSR count). The number of nitrogens with zero attached hydrogens (tertiary/aromatic N) is 3. The molecule has 2 aromatic heterocycles. The molecule has 1 saturated carbocycles. The zero-order chi connectivity index (χ0) is 13.7. The van der Waals surface area contributed by atoms with Gasteiger partial charge in [-0.25, -0.2) is 4.98 Å². The normalized spacial score (nSPS) is 17.4. The molecule has 0 aliphatic heterocycles. The van der Waals surface area contributed by atoms with Crippen molar-refractivity contribution in [1.29, 1.82) is 0 Å². The molecule has 1 aliphatic carbocycles. The van der Waals surface area contributed by atoms with Crippen molar-refractivity contribution < 1.29 is 0 Å². The molecule has 2 heterocycles. The largest absolute Gasteiger partial charge is 0.369 e. The highest BCUT2D eigenvalue weighted by atomic mass is 15.2. The molecule has 0 bridgehead atoms. The van der Waals surface area contributed by atoms with Crippen LogP contribution in [0.2, 0.25) is 0 Å². The van der Waals surface area contributed by atoms with E-state index in [0.29, 0.717) is 5.95 Å². The number of hydrogen-bond donors (Lipinski definition) is 1. The zero-order valence-corrected chi connectivity index (χ0v) is 11.6. The lowest BCUT2D eigenvalue weighted by molar-refractivity contribution is 0.145. The number of aromatic nitrogens is 3. The van der Waals surface area contributed by atoms with Crippen LogP contribution >= 0.6 is 0 Å². The maximum Gasteiger partial charge on any atom is 0.201 e. The third-order valence-electron chi connectivity index (χ3n) is 4.83. The van der Waals surface area contributed by atoms with E-state index >= 15 is 0 Å². The number of imidazole rings is 1. The molecule has 0 saturated heterocycles. The predicted octanol–water partition coefficient (Wildman–Crippen LogP) is 3.46. The second-order valence-corrected chi connectivity index (χ2v) is 5.75. The molecule has 4 heteroatoms. The van der Waals surface area contributed by atoms with Crippen molar-refractivity contribution in [2.45, 2.75) is 38.1 Å². The summed E-state index contributed by atoms with van der Waals surface area (Å²) in [5, 5.41) is 1.15. The summed E-state index contributed by atoms with van der Waals surface area (Å²) in [6, 6.07) is 8.23. The molecule has 0 radical (unpaired) electrons. The number of benzene rings is 1. The number of pyridine rings is 1. The number of nitrogen functional groups attached to an aromatic ring is 1. The van der Waals surface area contributed by atoms with E-state index in [4.69, 9.17) is 5.73 Å². The van der Waals surface area contributed by atoms with Gasteiger partial charge in [-0.3, -0.25) is 4.98 Å². The van der Waals surface area contributed by atoms with E-state index in [1.54, 1.807) is 0 Å². The van der Waals surface area contributed by atoms with Crippen LogP contribution in [-0.4, -0.2) is 14.5 Å². The Morgan fingerprint density at radius 1 is 1.25 bits per heavy atom. The van der Waals surface area contributed by atoms with E-state index in [1.165, 1.54) is 19.3 Å². The van der Waals surface area contributed by atoms with Gasteiger partial charge in [-0.2, -0.15) is 0 Å². The van der Waals surface area contributed by atoms with Gasteiger partial charge < -0.3 is 10.3 Å². The minimum atomic E-state index is 0.156. The molecule has 0 atom stereocenters. The highest BCUT2D eigenvalue weighted by molar-refractivity contribution is 6.03.